The second kappa shape index (κ2) is 8.32. The smallest absolute Gasteiger partial charge is 0.269 e. The summed E-state index contributed by atoms with van der Waals surface area (Å²) in [5.41, 5.74) is 1.96. The number of methoxy groups -OCH3 is 1. The Kier molecular flexibility index (Phi) is 5.64. The van der Waals surface area contributed by atoms with Crippen LogP contribution in [-0.2, 0) is 6.54 Å². The third-order valence-electron chi connectivity index (χ3n) is 5.71. The van der Waals surface area contributed by atoms with Crippen molar-refractivity contribution in [3.63, 3.8) is 0 Å². The standard InChI is InChI=1S/C21H28N4O3/c1-28-20-6-2-4-16(10-20)13-23-8-3-5-17(14-23)25-21(27)11-18(12-22-25)24-9-7-19(26)15-24/h2,4,6,10-12,17,19,26H,3,5,7-9,13-15H2,1H3/t17-,19+/m1/s1. The average Bonchev–Trinajstić information content (AvgIpc) is 3.14. The molecule has 2 saturated heterocycles. The van der Waals surface area contributed by atoms with Crippen LogP contribution in [-0.4, -0.2) is 59.2 Å². The Labute approximate surface area is 165 Å². The van der Waals surface area contributed by atoms with E-state index in [1.165, 1.54) is 5.56 Å². The van der Waals surface area contributed by atoms with E-state index in [2.05, 4.69) is 22.1 Å². The molecule has 1 aromatic carbocycles. The molecule has 0 saturated carbocycles. The Morgan fingerprint density at radius 2 is 2.11 bits per heavy atom. The molecule has 3 heterocycles. The molecule has 150 valence electrons. The minimum atomic E-state index is -0.314. The summed E-state index contributed by atoms with van der Waals surface area (Å²) in [4.78, 5) is 17.1. The largest absolute Gasteiger partial charge is 0.497 e. The van der Waals surface area contributed by atoms with Gasteiger partial charge in [0.15, 0.2) is 0 Å². The summed E-state index contributed by atoms with van der Waals surface area (Å²) in [5.74, 6) is 0.867. The molecule has 1 N–H and O–H groups in total. The van der Waals surface area contributed by atoms with Gasteiger partial charge >= 0.3 is 0 Å². The van der Waals surface area contributed by atoms with Crippen LogP contribution >= 0.6 is 0 Å². The lowest BCUT2D eigenvalue weighted by Gasteiger charge is -2.33. The molecule has 2 aliphatic heterocycles. The number of rotatable bonds is 5. The summed E-state index contributed by atoms with van der Waals surface area (Å²) >= 11 is 0. The Hall–Kier alpha value is -2.38. The van der Waals surface area contributed by atoms with Gasteiger partial charge in [-0.15, -0.1) is 0 Å². The highest BCUT2D eigenvalue weighted by molar-refractivity contribution is 5.44. The van der Waals surface area contributed by atoms with Crippen LogP contribution in [0.25, 0.3) is 0 Å². The van der Waals surface area contributed by atoms with Gasteiger partial charge in [0, 0.05) is 32.2 Å². The maximum atomic E-state index is 12.7. The summed E-state index contributed by atoms with van der Waals surface area (Å²) < 4.78 is 6.95. The summed E-state index contributed by atoms with van der Waals surface area (Å²) in [6.07, 6.45) is 4.20. The number of aliphatic hydroxyl groups is 1. The van der Waals surface area contributed by atoms with Crippen molar-refractivity contribution in [2.24, 2.45) is 0 Å². The third kappa shape index (κ3) is 4.20. The highest BCUT2D eigenvalue weighted by atomic mass is 16.5. The van der Waals surface area contributed by atoms with Gasteiger partial charge in [0.1, 0.15) is 5.75 Å². The second-order valence-electron chi connectivity index (χ2n) is 7.77. The first-order valence-corrected chi connectivity index (χ1v) is 9.99. The molecule has 1 aromatic heterocycles. The number of piperidine rings is 1. The molecule has 7 nitrogen and oxygen atoms in total. The molecule has 0 aliphatic carbocycles. The number of hydrogen-bond acceptors (Lipinski definition) is 6. The fourth-order valence-electron chi connectivity index (χ4n) is 4.24. The van der Waals surface area contributed by atoms with E-state index in [4.69, 9.17) is 4.74 Å². The molecule has 0 unspecified atom stereocenters. The maximum Gasteiger partial charge on any atom is 0.269 e. The number of likely N-dealkylation sites (tertiary alicyclic amines) is 1. The number of hydrogen-bond donors (Lipinski definition) is 1. The van der Waals surface area contributed by atoms with Crippen molar-refractivity contribution < 1.29 is 9.84 Å². The van der Waals surface area contributed by atoms with Crippen LogP contribution in [0.1, 0.15) is 30.9 Å². The third-order valence-corrected chi connectivity index (χ3v) is 5.71. The lowest BCUT2D eigenvalue weighted by atomic mass is 10.0. The molecule has 0 spiro atoms. The van der Waals surface area contributed by atoms with Gasteiger partial charge in [-0.05, 0) is 43.5 Å². The average molecular weight is 384 g/mol. The molecule has 2 fully saturated rings. The van der Waals surface area contributed by atoms with Gasteiger partial charge in [-0.2, -0.15) is 5.10 Å². The van der Waals surface area contributed by atoms with Gasteiger partial charge in [0.25, 0.3) is 5.56 Å². The van der Waals surface area contributed by atoms with Crippen molar-refractivity contribution in [1.29, 1.82) is 0 Å². The zero-order valence-corrected chi connectivity index (χ0v) is 16.3. The van der Waals surface area contributed by atoms with E-state index in [1.807, 2.05) is 17.0 Å². The lowest BCUT2D eigenvalue weighted by Crippen LogP contribution is -2.40. The number of benzene rings is 1. The first-order valence-electron chi connectivity index (χ1n) is 9.99. The van der Waals surface area contributed by atoms with Gasteiger partial charge < -0.3 is 14.7 Å². The van der Waals surface area contributed by atoms with Gasteiger partial charge in [-0.3, -0.25) is 9.69 Å². The Balaban J connectivity index is 1.44. The number of ether oxygens (including phenoxy) is 1. The molecule has 2 atom stereocenters. The van der Waals surface area contributed by atoms with Crippen LogP contribution in [0.4, 0.5) is 5.69 Å². The van der Waals surface area contributed by atoms with Gasteiger partial charge in [0.2, 0.25) is 0 Å². The number of aromatic nitrogens is 2. The first-order chi connectivity index (χ1) is 13.6. The van der Waals surface area contributed by atoms with Crippen LogP contribution < -0.4 is 15.2 Å². The topological polar surface area (TPSA) is 70.8 Å². The summed E-state index contributed by atoms with van der Waals surface area (Å²) in [5, 5.41) is 14.2. The normalized spacial score (nSPS) is 23.1. The van der Waals surface area contributed by atoms with E-state index in [-0.39, 0.29) is 17.7 Å². The van der Waals surface area contributed by atoms with Crippen molar-refractivity contribution >= 4 is 5.69 Å². The predicted octanol–water partition coefficient (Wildman–Crippen LogP) is 1.66. The summed E-state index contributed by atoms with van der Waals surface area (Å²) in [6, 6.07) is 9.88. The lowest BCUT2D eigenvalue weighted by molar-refractivity contribution is 0.160. The van der Waals surface area contributed by atoms with E-state index in [9.17, 15) is 9.90 Å². The Morgan fingerprint density at radius 3 is 2.86 bits per heavy atom. The molecule has 4 rings (SSSR count). The maximum absolute atomic E-state index is 12.7. The van der Waals surface area contributed by atoms with E-state index in [0.717, 1.165) is 56.9 Å². The van der Waals surface area contributed by atoms with E-state index < -0.39 is 0 Å². The van der Waals surface area contributed by atoms with Crippen molar-refractivity contribution in [3.8, 4) is 5.75 Å². The predicted molar refractivity (Wildman–Crippen MR) is 108 cm³/mol. The molecule has 7 heteroatoms. The molecule has 0 amide bonds. The van der Waals surface area contributed by atoms with Crippen molar-refractivity contribution in [1.82, 2.24) is 14.7 Å². The Morgan fingerprint density at radius 1 is 1.21 bits per heavy atom. The number of β-amino-alcohol motifs (C(OH)–C–C–N with tert-alkyl or cyclic N) is 1. The van der Waals surface area contributed by atoms with Gasteiger partial charge in [0.05, 0.1) is 31.1 Å². The zero-order valence-electron chi connectivity index (χ0n) is 16.3. The first kappa shape index (κ1) is 19.0. The fourth-order valence-corrected chi connectivity index (χ4v) is 4.24. The summed E-state index contributed by atoms with van der Waals surface area (Å²) in [7, 11) is 1.68. The molecular formula is C21H28N4O3. The van der Waals surface area contributed by atoms with Crippen molar-refractivity contribution in [3.05, 3.63) is 52.4 Å². The number of aliphatic hydroxyl groups excluding tert-OH is 1. The Bertz CT molecular complexity index is 869. The van der Waals surface area contributed by atoms with Crippen molar-refractivity contribution in [2.45, 2.75) is 38.0 Å². The van der Waals surface area contributed by atoms with E-state index in [0.29, 0.717) is 6.54 Å². The van der Waals surface area contributed by atoms with Crippen LogP contribution in [0, 0.1) is 0 Å². The monoisotopic (exact) mass is 384 g/mol. The molecule has 28 heavy (non-hydrogen) atoms. The van der Waals surface area contributed by atoms with Crippen LogP contribution in [0.3, 0.4) is 0 Å². The highest BCUT2D eigenvalue weighted by Crippen LogP contribution is 2.23. The van der Waals surface area contributed by atoms with Crippen LogP contribution in [0.5, 0.6) is 5.75 Å². The fraction of sp³-hybridized carbons (Fsp3) is 0.524. The van der Waals surface area contributed by atoms with E-state index >= 15 is 0 Å². The van der Waals surface area contributed by atoms with Crippen LogP contribution in [0.15, 0.2) is 41.3 Å². The number of anilines is 1. The summed E-state index contributed by atoms with van der Waals surface area (Å²) in [6.45, 7) is 4.01. The molecular weight excluding hydrogens is 356 g/mol. The van der Waals surface area contributed by atoms with Crippen LogP contribution in [0.2, 0.25) is 0 Å². The van der Waals surface area contributed by atoms with Gasteiger partial charge in [-0.1, -0.05) is 12.1 Å². The highest BCUT2D eigenvalue weighted by Gasteiger charge is 2.25. The quantitative estimate of drug-likeness (QED) is 0.846. The van der Waals surface area contributed by atoms with E-state index in [1.54, 1.807) is 24.1 Å². The van der Waals surface area contributed by atoms with Gasteiger partial charge in [-0.25, -0.2) is 4.68 Å². The molecule has 2 aromatic rings. The SMILES string of the molecule is COc1cccc(CN2CCC[C@@H](n3ncc(N4CC[C@H](O)C4)cc3=O)C2)c1. The molecule has 2 aliphatic rings. The zero-order chi connectivity index (χ0) is 19.5. The minimum absolute atomic E-state index is 0.0629. The molecule has 0 bridgehead atoms. The second-order valence-corrected chi connectivity index (χ2v) is 7.77. The molecule has 0 radical (unpaired) electrons. The minimum Gasteiger partial charge on any atom is -0.497 e. The number of nitrogens with zero attached hydrogens (tertiary/aromatic N) is 4. The van der Waals surface area contributed by atoms with Crippen molar-refractivity contribution in [2.75, 3.05) is 38.2 Å².